The molecule has 4 rings (SSSR count). The molecular formula is C19H16F3N5O2. The number of carbonyl (C=O) groups is 1. The molecule has 2 aromatic heterocycles. The standard InChI is InChI=1S/C19H16F3N5O2/c1-10-9-15(24-16(28)11-5-7-12(8-6-11)19(20,21)22)27(26-10)18-23-14-4-2-3-13(14)17(29)25-18/h5-9H,2-4H2,1H3,(H,24,28)(H,23,25,29). The van der Waals surface area contributed by atoms with Crippen LogP contribution in [0.3, 0.4) is 0 Å². The van der Waals surface area contributed by atoms with E-state index >= 15 is 0 Å². The molecule has 0 fully saturated rings. The van der Waals surface area contributed by atoms with Gasteiger partial charge in [-0.15, -0.1) is 0 Å². The highest BCUT2D eigenvalue weighted by atomic mass is 19.4. The molecule has 0 saturated heterocycles. The van der Waals surface area contributed by atoms with Crippen LogP contribution in [-0.4, -0.2) is 25.7 Å². The zero-order valence-corrected chi connectivity index (χ0v) is 15.3. The van der Waals surface area contributed by atoms with Gasteiger partial charge < -0.3 is 5.32 Å². The van der Waals surface area contributed by atoms with Gasteiger partial charge in [0.15, 0.2) is 0 Å². The summed E-state index contributed by atoms with van der Waals surface area (Å²) in [5, 5.41) is 6.87. The van der Waals surface area contributed by atoms with E-state index in [-0.39, 0.29) is 22.9 Å². The molecule has 2 heterocycles. The highest BCUT2D eigenvalue weighted by molar-refractivity contribution is 6.04. The van der Waals surface area contributed by atoms with Gasteiger partial charge >= 0.3 is 6.18 Å². The lowest BCUT2D eigenvalue weighted by molar-refractivity contribution is -0.137. The van der Waals surface area contributed by atoms with Crippen molar-refractivity contribution in [1.82, 2.24) is 19.7 Å². The number of hydrogen-bond acceptors (Lipinski definition) is 4. The molecule has 1 aliphatic rings. The van der Waals surface area contributed by atoms with Crippen LogP contribution >= 0.6 is 0 Å². The number of alkyl halides is 3. The summed E-state index contributed by atoms with van der Waals surface area (Å²) >= 11 is 0. The van der Waals surface area contributed by atoms with E-state index < -0.39 is 17.6 Å². The summed E-state index contributed by atoms with van der Waals surface area (Å²) in [6.07, 6.45) is -2.26. The topological polar surface area (TPSA) is 92.7 Å². The first kappa shape index (κ1) is 18.9. The molecule has 0 atom stereocenters. The number of benzene rings is 1. The maximum atomic E-state index is 12.7. The molecule has 10 heteroatoms. The predicted octanol–water partition coefficient (Wildman–Crippen LogP) is 3.02. The highest BCUT2D eigenvalue weighted by Gasteiger charge is 2.30. The number of aromatic amines is 1. The molecule has 0 bridgehead atoms. The molecule has 0 radical (unpaired) electrons. The second kappa shape index (κ2) is 6.87. The Labute approximate surface area is 162 Å². The number of aromatic nitrogens is 4. The third kappa shape index (κ3) is 3.65. The molecule has 0 saturated carbocycles. The maximum Gasteiger partial charge on any atom is 0.416 e. The van der Waals surface area contributed by atoms with E-state index in [1.54, 1.807) is 13.0 Å². The minimum Gasteiger partial charge on any atom is -0.306 e. The Morgan fingerprint density at radius 1 is 1.21 bits per heavy atom. The molecular weight excluding hydrogens is 387 g/mol. The van der Waals surface area contributed by atoms with Gasteiger partial charge in [-0.05, 0) is 50.5 Å². The first-order valence-electron chi connectivity index (χ1n) is 8.90. The van der Waals surface area contributed by atoms with Gasteiger partial charge in [0.2, 0.25) is 5.95 Å². The van der Waals surface area contributed by atoms with Crippen LogP contribution in [0.2, 0.25) is 0 Å². The fraction of sp³-hybridized carbons (Fsp3) is 0.263. The Kier molecular flexibility index (Phi) is 4.48. The number of carbonyl (C=O) groups excluding carboxylic acids is 1. The van der Waals surface area contributed by atoms with Crippen molar-refractivity contribution in [2.45, 2.75) is 32.4 Å². The fourth-order valence-electron chi connectivity index (χ4n) is 3.28. The van der Waals surface area contributed by atoms with E-state index in [4.69, 9.17) is 0 Å². The number of nitrogens with one attached hydrogen (secondary N) is 2. The van der Waals surface area contributed by atoms with Gasteiger partial charge in [0.1, 0.15) is 5.82 Å². The molecule has 2 N–H and O–H groups in total. The van der Waals surface area contributed by atoms with E-state index in [1.807, 2.05) is 0 Å². The van der Waals surface area contributed by atoms with Crippen molar-refractivity contribution in [1.29, 1.82) is 0 Å². The van der Waals surface area contributed by atoms with Crippen LogP contribution in [0, 0.1) is 6.92 Å². The van der Waals surface area contributed by atoms with Crippen LogP contribution in [0.1, 0.15) is 39.3 Å². The lowest BCUT2D eigenvalue weighted by Crippen LogP contribution is -2.21. The van der Waals surface area contributed by atoms with Gasteiger partial charge in [-0.3, -0.25) is 14.6 Å². The summed E-state index contributed by atoms with van der Waals surface area (Å²) in [6.45, 7) is 1.70. The Morgan fingerprint density at radius 3 is 2.62 bits per heavy atom. The van der Waals surface area contributed by atoms with Crippen molar-refractivity contribution < 1.29 is 18.0 Å². The zero-order valence-electron chi connectivity index (χ0n) is 15.3. The molecule has 0 aliphatic heterocycles. The Balaban J connectivity index is 1.63. The minimum atomic E-state index is -4.48. The van der Waals surface area contributed by atoms with Crippen molar-refractivity contribution in [2.24, 2.45) is 0 Å². The van der Waals surface area contributed by atoms with Gasteiger partial charge in [0.05, 0.1) is 17.0 Å². The van der Waals surface area contributed by atoms with Gasteiger partial charge in [0, 0.05) is 17.2 Å². The average molecular weight is 403 g/mol. The fourth-order valence-corrected chi connectivity index (χ4v) is 3.28. The lowest BCUT2D eigenvalue weighted by Gasteiger charge is -2.10. The van der Waals surface area contributed by atoms with Gasteiger partial charge in [-0.1, -0.05) is 0 Å². The van der Waals surface area contributed by atoms with E-state index in [0.29, 0.717) is 29.8 Å². The largest absolute Gasteiger partial charge is 0.416 e. The number of fused-ring (bicyclic) bond motifs is 1. The van der Waals surface area contributed by atoms with Crippen molar-refractivity contribution >= 4 is 11.7 Å². The van der Waals surface area contributed by atoms with Gasteiger partial charge in [-0.25, -0.2) is 4.98 Å². The first-order valence-corrected chi connectivity index (χ1v) is 8.90. The van der Waals surface area contributed by atoms with Crippen LogP contribution in [0.25, 0.3) is 5.95 Å². The number of halogens is 3. The summed E-state index contributed by atoms with van der Waals surface area (Å²) in [7, 11) is 0. The van der Waals surface area contributed by atoms with Crippen molar-refractivity contribution in [3.8, 4) is 5.95 Å². The number of aryl methyl sites for hydroxylation is 2. The van der Waals surface area contributed by atoms with Gasteiger partial charge in [-0.2, -0.15) is 23.0 Å². The molecule has 7 nitrogen and oxygen atoms in total. The summed E-state index contributed by atoms with van der Waals surface area (Å²) in [5.74, 6) is -0.191. The van der Waals surface area contributed by atoms with Crippen LogP contribution in [-0.2, 0) is 19.0 Å². The molecule has 29 heavy (non-hydrogen) atoms. The quantitative estimate of drug-likeness (QED) is 0.703. The molecule has 1 aliphatic carbocycles. The summed E-state index contributed by atoms with van der Waals surface area (Å²) < 4.78 is 39.4. The number of hydrogen-bond donors (Lipinski definition) is 2. The van der Waals surface area contributed by atoms with E-state index in [2.05, 4.69) is 20.4 Å². The van der Waals surface area contributed by atoms with Crippen LogP contribution < -0.4 is 10.9 Å². The Bertz CT molecular complexity index is 1150. The number of amides is 1. The zero-order chi connectivity index (χ0) is 20.8. The summed E-state index contributed by atoms with van der Waals surface area (Å²) in [5.41, 5.74) is 0.907. The van der Waals surface area contributed by atoms with E-state index in [0.717, 1.165) is 30.7 Å². The maximum absolute atomic E-state index is 12.7. The summed E-state index contributed by atoms with van der Waals surface area (Å²) in [4.78, 5) is 31.9. The van der Waals surface area contributed by atoms with Crippen molar-refractivity contribution in [3.05, 3.63) is 68.8 Å². The molecule has 150 valence electrons. The number of rotatable bonds is 3. The number of nitrogens with zero attached hydrogens (tertiary/aromatic N) is 3. The second-order valence-electron chi connectivity index (χ2n) is 6.78. The van der Waals surface area contributed by atoms with Gasteiger partial charge in [0.25, 0.3) is 11.5 Å². The van der Waals surface area contributed by atoms with Crippen LogP contribution in [0.15, 0.2) is 35.1 Å². The molecule has 3 aromatic rings. The van der Waals surface area contributed by atoms with E-state index in [1.165, 1.54) is 4.68 Å². The number of anilines is 1. The highest BCUT2D eigenvalue weighted by Crippen LogP contribution is 2.29. The Hall–Kier alpha value is -3.43. The third-order valence-corrected chi connectivity index (χ3v) is 4.68. The van der Waals surface area contributed by atoms with Crippen molar-refractivity contribution in [2.75, 3.05) is 5.32 Å². The SMILES string of the molecule is Cc1cc(NC(=O)c2ccc(C(F)(F)F)cc2)n(-c2nc3c(c(=O)[nH]2)CCC3)n1. The number of H-pyrrole nitrogens is 1. The summed E-state index contributed by atoms with van der Waals surface area (Å²) in [6, 6.07) is 5.46. The molecule has 0 spiro atoms. The normalized spacial score (nSPS) is 13.4. The second-order valence-corrected chi connectivity index (χ2v) is 6.78. The lowest BCUT2D eigenvalue weighted by atomic mass is 10.1. The smallest absolute Gasteiger partial charge is 0.306 e. The van der Waals surface area contributed by atoms with Crippen molar-refractivity contribution in [3.63, 3.8) is 0 Å². The molecule has 1 amide bonds. The molecule has 1 aromatic carbocycles. The van der Waals surface area contributed by atoms with Crippen LogP contribution in [0.4, 0.5) is 19.0 Å². The predicted molar refractivity (Wildman–Crippen MR) is 98.1 cm³/mol. The third-order valence-electron chi connectivity index (χ3n) is 4.68. The Morgan fingerprint density at radius 2 is 1.93 bits per heavy atom. The van der Waals surface area contributed by atoms with Crippen LogP contribution in [0.5, 0.6) is 0 Å². The minimum absolute atomic E-state index is 0.0545. The van der Waals surface area contributed by atoms with E-state index in [9.17, 15) is 22.8 Å². The first-order chi connectivity index (χ1) is 13.7. The average Bonchev–Trinajstić information content (AvgIpc) is 3.27. The monoisotopic (exact) mass is 403 g/mol. The molecule has 0 unspecified atom stereocenters.